The van der Waals surface area contributed by atoms with Gasteiger partial charge in [0.1, 0.15) is 6.54 Å². The third-order valence-corrected chi connectivity index (χ3v) is 3.53. The minimum Gasteiger partial charge on any atom is -0.480 e. The lowest BCUT2D eigenvalue weighted by Crippen LogP contribution is -2.33. The maximum atomic E-state index is 11.9. The Kier molecular flexibility index (Phi) is 4.08. The number of aliphatic carboxylic acids is 1. The van der Waals surface area contributed by atoms with Crippen LogP contribution in [-0.4, -0.2) is 44.7 Å². The summed E-state index contributed by atoms with van der Waals surface area (Å²) in [6.07, 6.45) is 1.42. The van der Waals surface area contributed by atoms with Crippen molar-refractivity contribution < 1.29 is 29.4 Å². The smallest absolute Gasteiger partial charge is 0.335 e. The summed E-state index contributed by atoms with van der Waals surface area (Å²) >= 11 is 0.648. The molecule has 0 saturated carbocycles. The van der Waals surface area contributed by atoms with Crippen LogP contribution in [0.3, 0.4) is 0 Å². The van der Waals surface area contributed by atoms with Crippen LogP contribution in [0.5, 0.6) is 0 Å². The maximum absolute atomic E-state index is 11.9. The molecule has 1 aliphatic rings. The molecule has 2 amide bonds. The van der Waals surface area contributed by atoms with Gasteiger partial charge in [0, 0.05) is 0 Å². The van der Waals surface area contributed by atoms with E-state index in [1.54, 1.807) is 0 Å². The van der Waals surface area contributed by atoms with E-state index in [2.05, 4.69) is 0 Å². The molecule has 0 radical (unpaired) electrons. The van der Waals surface area contributed by atoms with Crippen LogP contribution in [-0.2, 0) is 9.59 Å². The zero-order valence-electron chi connectivity index (χ0n) is 10.5. The highest BCUT2D eigenvalue weighted by Crippen LogP contribution is 2.31. The van der Waals surface area contributed by atoms with E-state index in [1.807, 2.05) is 0 Å². The second-order valence-corrected chi connectivity index (χ2v) is 5.08. The lowest BCUT2D eigenvalue weighted by Gasteiger charge is -2.07. The molecular weight excluding hydrogens is 298 g/mol. The van der Waals surface area contributed by atoms with Crippen molar-refractivity contribution >= 4 is 40.9 Å². The molecule has 108 valence electrons. The molecule has 0 aliphatic carbocycles. The van der Waals surface area contributed by atoms with Crippen molar-refractivity contribution in [2.75, 3.05) is 6.54 Å². The Balaban J connectivity index is 2.22. The van der Waals surface area contributed by atoms with Crippen LogP contribution in [0.25, 0.3) is 6.08 Å². The van der Waals surface area contributed by atoms with Gasteiger partial charge in [-0.25, -0.2) is 4.79 Å². The number of aromatic carboxylic acids is 1. The average molecular weight is 307 g/mol. The Morgan fingerprint density at radius 1 is 1.14 bits per heavy atom. The lowest BCUT2D eigenvalue weighted by molar-refractivity contribution is -0.140. The van der Waals surface area contributed by atoms with Gasteiger partial charge in [-0.3, -0.25) is 19.3 Å². The Morgan fingerprint density at radius 2 is 1.76 bits per heavy atom. The number of hydrogen-bond acceptors (Lipinski definition) is 5. The molecule has 0 spiro atoms. The highest BCUT2D eigenvalue weighted by Gasteiger charge is 2.36. The van der Waals surface area contributed by atoms with Crippen LogP contribution in [0.2, 0.25) is 0 Å². The van der Waals surface area contributed by atoms with E-state index in [1.165, 1.54) is 30.3 Å². The minimum atomic E-state index is -1.27. The zero-order chi connectivity index (χ0) is 15.6. The summed E-state index contributed by atoms with van der Waals surface area (Å²) in [6, 6.07) is 5.73. The van der Waals surface area contributed by atoms with Crippen molar-refractivity contribution in [1.29, 1.82) is 0 Å². The topological polar surface area (TPSA) is 112 Å². The van der Waals surface area contributed by atoms with E-state index in [0.29, 0.717) is 22.2 Å². The number of thioether (sulfide) groups is 1. The van der Waals surface area contributed by atoms with E-state index >= 15 is 0 Å². The third kappa shape index (κ3) is 3.29. The standard InChI is InChI=1S/C13H9NO6S/c15-10(16)6-14-11(17)9(21-13(14)20)5-7-1-3-8(4-2-7)12(18)19/h1-5H,6H2,(H,15,16)(H,18,19)/b9-5-. The summed E-state index contributed by atoms with van der Waals surface area (Å²) in [4.78, 5) is 45.5. The van der Waals surface area contributed by atoms with Crippen LogP contribution >= 0.6 is 11.8 Å². The highest BCUT2D eigenvalue weighted by atomic mass is 32.2. The Hall–Kier alpha value is -2.61. The molecule has 21 heavy (non-hydrogen) atoms. The summed E-state index contributed by atoms with van der Waals surface area (Å²) in [5, 5.41) is 16.8. The number of benzene rings is 1. The SMILES string of the molecule is O=C(O)CN1C(=O)S/C(=C\c2ccc(C(=O)O)cc2)C1=O. The lowest BCUT2D eigenvalue weighted by atomic mass is 10.1. The monoisotopic (exact) mass is 307 g/mol. The van der Waals surface area contributed by atoms with Crippen molar-refractivity contribution in [2.24, 2.45) is 0 Å². The number of hydrogen-bond donors (Lipinski definition) is 2. The molecule has 2 N–H and O–H groups in total. The molecule has 7 nitrogen and oxygen atoms in total. The van der Waals surface area contributed by atoms with E-state index in [-0.39, 0.29) is 10.5 Å². The molecule has 0 atom stereocenters. The Labute approximate surface area is 122 Å². The van der Waals surface area contributed by atoms with Gasteiger partial charge in [-0.05, 0) is 35.5 Å². The van der Waals surface area contributed by atoms with E-state index in [9.17, 15) is 19.2 Å². The van der Waals surface area contributed by atoms with Crippen molar-refractivity contribution in [1.82, 2.24) is 4.90 Å². The van der Waals surface area contributed by atoms with Crippen molar-refractivity contribution in [3.8, 4) is 0 Å². The average Bonchev–Trinajstić information content (AvgIpc) is 2.67. The summed E-state index contributed by atoms with van der Waals surface area (Å²) in [5.74, 6) is -3.01. The third-order valence-electron chi connectivity index (χ3n) is 2.62. The quantitative estimate of drug-likeness (QED) is 0.811. The van der Waals surface area contributed by atoms with E-state index < -0.39 is 29.6 Å². The fraction of sp³-hybridized carbons (Fsp3) is 0.0769. The molecular formula is C13H9NO6S. The van der Waals surface area contributed by atoms with Gasteiger partial charge >= 0.3 is 11.9 Å². The zero-order valence-corrected chi connectivity index (χ0v) is 11.3. The van der Waals surface area contributed by atoms with Gasteiger partial charge in [-0.2, -0.15) is 0 Å². The van der Waals surface area contributed by atoms with Gasteiger partial charge in [-0.15, -0.1) is 0 Å². The summed E-state index contributed by atoms with van der Waals surface area (Å²) in [7, 11) is 0. The summed E-state index contributed by atoms with van der Waals surface area (Å²) < 4.78 is 0. The van der Waals surface area contributed by atoms with Crippen molar-refractivity contribution in [2.45, 2.75) is 0 Å². The number of carboxylic acids is 2. The number of rotatable bonds is 4. The van der Waals surface area contributed by atoms with Gasteiger partial charge in [0.05, 0.1) is 10.5 Å². The molecule has 1 fully saturated rings. The molecule has 1 saturated heterocycles. The van der Waals surface area contributed by atoms with Crippen LogP contribution < -0.4 is 0 Å². The first-order valence-electron chi connectivity index (χ1n) is 5.69. The Morgan fingerprint density at radius 3 is 2.29 bits per heavy atom. The van der Waals surface area contributed by atoms with Gasteiger partial charge in [0.25, 0.3) is 11.1 Å². The van der Waals surface area contributed by atoms with Gasteiger partial charge in [0.2, 0.25) is 0 Å². The van der Waals surface area contributed by atoms with Crippen LogP contribution in [0.1, 0.15) is 15.9 Å². The molecule has 1 aliphatic heterocycles. The van der Waals surface area contributed by atoms with E-state index in [0.717, 1.165) is 0 Å². The number of nitrogens with zero attached hydrogens (tertiary/aromatic N) is 1. The predicted octanol–water partition coefficient (Wildman–Crippen LogP) is 1.51. The number of carboxylic acid groups (broad SMARTS) is 2. The van der Waals surface area contributed by atoms with Gasteiger partial charge in [0.15, 0.2) is 0 Å². The summed E-state index contributed by atoms with van der Waals surface area (Å²) in [5.41, 5.74) is 0.645. The molecule has 2 rings (SSSR count). The molecule has 1 aromatic carbocycles. The molecule has 1 aromatic rings. The number of amides is 2. The number of imide groups is 1. The second-order valence-electron chi connectivity index (χ2n) is 4.09. The summed E-state index contributed by atoms with van der Waals surface area (Å²) in [6.45, 7) is -0.681. The highest BCUT2D eigenvalue weighted by molar-refractivity contribution is 8.18. The molecule has 8 heteroatoms. The van der Waals surface area contributed by atoms with E-state index in [4.69, 9.17) is 10.2 Å². The fourth-order valence-electron chi connectivity index (χ4n) is 1.64. The van der Waals surface area contributed by atoms with Crippen LogP contribution in [0.4, 0.5) is 4.79 Å². The van der Waals surface area contributed by atoms with Crippen molar-refractivity contribution in [3.63, 3.8) is 0 Å². The predicted molar refractivity (Wildman–Crippen MR) is 73.7 cm³/mol. The Bertz CT molecular complexity index is 664. The fourth-order valence-corrected chi connectivity index (χ4v) is 2.48. The molecule has 0 unspecified atom stereocenters. The normalized spacial score (nSPS) is 16.6. The maximum Gasteiger partial charge on any atom is 0.335 e. The van der Waals surface area contributed by atoms with Gasteiger partial charge < -0.3 is 10.2 Å². The van der Waals surface area contributed by atoms with Gasteiger partial charge in [-0.1, -0.05) is 12.1 Å². The first-order chi connectivity index (χ1) is 9.88. The van der Waals surface area contributed by atoms with Crippen molar-refractivity contribution in [3.05, 3.63) is 40.3 Å². The van der Waals surface area contributed by atoms with Crippen LogP contribution in [0.15, 0.2) is 29.2 Å². The molecule has 1 heterocycles. The molecule has 0 aromatic heterocycles. The second kappa shape index (κ2) is 5.80. The first kappa shape index (κ1) is 14.8. The number of carbonyl (C=O) groups excluding carboxylic acids is 2. The van der Waals surface area contributed by atoms with Crippen LogP contribution in [0, 0.1) is 0 Å². The molecule has 0 bridgehead atoms. The largest absolute Gasteiger partial charge is 0.480 e. The number of carbonyl (C=O) groups is 4. The minimum absolute atomic E-state index is 0.101. The first-order valence-corrected chi connectivity index (χ1v) is 6.50.